The highest BCUT2D eigenvalue weighted by Gasteiger charge is 2.21. The van der Waals surface area contributed by atoms with Gasteiger partial charge in [-0.1, -0.05) is 45.0 Å². The minimum absolute atomic E-state index is 0.0127. The number of carboxylic acid groups (broad SMARTS) is 1. The zero-order valence-corrected chi connectivity index (χ0v) is 15.1. The summed E-state index contributed by atoms with van der Waals surface area (Å²) in [6.07, 6.45) is 2.96. The van der Waals surface area contributed by atoms with Gasteiger partial charge in [-0.25, -0.2) is 0 Å². The van der Waals surface area contributed by atoms with Crippen LogP contribution in [-0.4, -0.2) is 26.8 Å². The Morgan fingerprint density at radius 1 is 1.24 bits per heavy atom. The molecular weight excluding hydrogens is 318 g/mol. The van der Waals surface area contributed by atoms with E-state index in [1.165, 1.54) is 6.20 Å². The number of aliphatic carboxylic acids is 1. The summed E-state index contributed by atoms with van der Waals surface area (Å²) in [4.78, 5) is 23.6. The largest absolute Gasteiger partial charge is 0.481 e. The molecule has 2 N–H and O–H groups in total. The van der Waals surface area contributed by atoms with E-state index in [0.29, 0.717) is 12.1 Å². The highest BCUT2D eigenvalue weighted by Crippen LogP contribution is 2.25. The van der Waals surface area contributed by atoms with E-state index in [0.717, 1.165) is 11.1 Å². The van der Waals surface area contributed by atoms with Crippen molar-refractivity contribution in [3.8, 4) is 0 Å². The lowest BCUT2D eigenvalue weighted by Crippen LogP contribution is -2.30. The first kappa shape index (κ1) is 18.7. The number of benzene rings is 1. The van der Waals surface area contributed by atoms with E-state index in [2.05, 4.69) is 31.2 Å². The van der Waals surface area contributed by atoms with Crippen molar-refractivity contribution >= 4 is 11.9 Å². The van der Waals surface area contributed by atoms with Gasteiger partial charge in [-0.05, 0) is 23.5 Å². The van der Waals surface area contributed by atoms with Crippen LogP contribution in [0, 0.1) is 0 Å². The maximum Gasteiger partial charge on any atom is 0.305 e. The van der Waals surface area contributed by atoms with Gasteiger partial charge in [0, 0.05) is 12.7 Å². The molecule has 0 radical (unpaired) electrons. The standard InChI is InChI=1S/C19H25N3O3/c1-5-22-12-14(11-20-22)18(25)21-16(10-17(23)24)13-6-8-15(9-7-13)19(2,3)4/h6-9,11-12,16H,5,10H2,1-4H3,(H,21,25)(H,23,24). The van der Waals surface area contributed by atoms with Crippen LogP contribution < -0.4 is 5.32 Å². The van der Waals surface area contributed by atoms with Gasteiger partial charge in [0.05, 0.1) is 24.2 Å². The SMILES string of the molecule is CCn1cc(C(=O)NC(CC(=O)O)c2ccc(C(C)(C)C)cc2)cn1. The zero-order chi connectivity index (χ0) is 18.6. The number of carbonyl (C=O) groups is 2. The van der Waals surface area contributed by atoms with Gasteiger partial charge < -0.3 is 10.4 Å². The monoisotopic (exact) mass is 343 g/mol. The molecule has 134 valence electrons. The number of nitrogens with one attached hydrogen (secondary N) is 1. The van der Waals surface area contributed by atoms with E-state index in [1.807, 2.05) is 31.2 Å². The maximum atomic E-state index is 12.4. The van der Waals surface area contributed by atoms with E-state index < -0.39 is 12.0 Å². The van der Waals surface area contributed by atoms with Crippen molar-refractivity contribution in [2.75, 3.05) is 0 Å². The molecule has 0 saturated carbocycles. The van der Waals surface area contributed by atoms with E-state index >= 15 is 0 Å². The van der Waals surface area contributed by atoms with Crippen LogP contribution in [0.25, 0.3) is 0 Å². The van der Waals surface area contributed by atoms with Crippen molar-refractivity contribution in [2.45, 2.75) is 52.1 Å². The molecule has 1 amide bonds. The van der Waals surface area contributed by atoms with Crippen LogP contribution in [0.15, 0.2) is 36.7 Å². The summed E-state index contributed by atoms with van der Waals surface area (Å²) < 4.78 is 1.65. The Hall–Kier alpha value is -2.63. The first-order valence-corrected chi connectivity index (χ1v) is 8.36. The van der Waals surface area contributed by atoms with Crippen molar-refractivity contribution in [1.29, 1.82) is 0 Å². The Morgan fingerprint density at radius 3 is 2.36 bits per heavy atom. The molecule has 6 heteroatoms. The summed E-state index contributed by atoms with van der Waals surface area (Å²) >= 11 is 0. The minimum atomic E-state index is -0.963. The number of carbonyl (C=O) groups excluding carboxylic acids is 1. The molecule has 0 aliphatic carbocycles. The molecule has 0 spiro atoms. The molecule has 2 aromatic rings. The predicted molar refractivity (Wildman–Crippen MR) is 95.5 cm³/mol. The van der Waals surface area contributed by atoms with Gasteiger partial charge in [-0.2, -0.15) is 5.10 Å². The second kappa shape index (κ2) is 7.51. The Kier molecular flexibility index (Phi) is 5.62. The van der Waals surface area contributed by atoms with E-state index in [1.54, 1.807) is 10.9 Å². The van der Waals surface area contributed by atoms with Gasteiger partial charge >= 0.3 is 5.97 Å². The fraction of sp³-hybridized carbons (Fsp3) is 0.421. The van der Waals surface area contributed by atoms with Crippen LogP contribution in [-0.2, 0) is 16.8 Å². The van der Waals surface area contributed by atoms with Crippen LogP contribution in [0.3, 0.4) is 0 Å². The highest BCUT2D eigenvalue weighted by atomic mass is 16.4. The number of amides is 1. The maximum absolute atomic E-state index is 12.4. The number of aryl methyl sites for hydroxylation is 1. The van der Waals surface area contributed by atoms with E-state index in [4.69, 9.17) is 0 Å². The summed E-state index contributed by atoms with van der Waals surface area (Å²) in [6, 6.07) is 7.12. The molecular formula is C19H25N3O3. The third kappa shape index (κ3) is 4.92. The molecule has 0 aliphatic heterocycles. The molecule has 1 atom stereocenters. The second-order valence-electron chi connectivity index (χ2n) is 7.08. The molecule has 25 heavy (non-hydrogen) atoms. The highest BCUT2D eigenvalue weighted by molar-refractivity contribution is 5.94. The van der Waals surface area contributed by atoms with Crippen LogP contribution in [0.1, 0.15) is 61.6 Å². The summed E-state index contributed by atoms with van der Waals surface area (Å²) in [5.41, 5.74) is 2.36. The smallest absolute Gasteiger partial charge is 0.305 e. The molecule has 6 nitrogen and oxygen atoms in total. The van der Waals surface area contributed by atoms with Gasteiger partial charge in [-0.15, -0.1) is 0 Å². The number of aromatic nitrogens is 2. The first-order valence-electron chi connectivity index (χ1n) is 8.36. The lowest BCUT2D eigenvalue weighted by Gasteiger charge is -2.21. The normalized spacial score (nSPS) is 12.6. The van der Waals surface area contributed by atoms with Gasteiger partial charge in [0.2, 0.25) is 0 Å². The summed E-state index contributed by atoms with van der Waals surface area (Å²) in [7, 11) is 0. The number of nitrogens with zero attached hydrogens (tertiary/aromatic N) is 2. The fourth-order valence-electron chi connectivity index (χ4n) is 2.54. The third-order valence-corrected chi connectivity index (χ3v) is 4.08. The van der Waals surface area contributed by atoms with Crippen LogP contribution in [0.5, 0.6) is 0 Å². The van der Waals surface area contributed by atoms with Crippen molar-refractivity contribution in [2.24, 2.45) is 0 Å². The van der Waals surface area contributed by atoms with Crippen molar-refractivity contribution in [3.05, 3.63) is 53.3 Å². The molecule has 0 saturated heterocycles. The minimum Gasteiger partial charge on any atom is -0.481 e. The van der Waals surface area contributed by atoms with Crippen LogP contribution in [0.4, 0.5) is 0 Å². The molecule has 1 aromatic carbocycles. The van der Waals surface area contributed by atoms with Gasteiger partial charge in [-0.3, -0.25) is 14.3 Å². The van der Waals surface area contributed by atoms with Gasteiger partial charge in [0.25, 0.3) is 5.91 Å². The average molecular weight is 343 g/mol. The summed E-state index contributed by atoms with van der Waals surface area (Å²) in [5, 5.41) is 16.1. The quantitative estimate of drug-likeness (QED) is 0.844. The number of hydrogen-bond acceptors (Lipinski definition) is 3. The molecule has 1 aromatic heterocycles. The molecule has 0 bridgehead atoms. The second-order valence-corrected chi connectivity index (χ2v) is 7.08. The van der Waals surface area contributed by atoms with Crippen molar-refractivity contribution < 1.29 is 14.7 Å². The Bertz CT molecular complexity index is 742. The van der Waals surface area contributed by atoms with Gasteiger partial charge in [0.1, 0.15) is 0 Å². The van der Waals surface area contributed by atoms with Gasteiger partial charge in [0.15, 0.2) is 0 Å². The lowest BCUT2D eigenvalue weighted by atomic mass is 9.86. The van der Waals surface area contributed by atoms with E-state index in [-0.39, 0.29) is 17.7 Å². The van der Waals surface area contributed by atoms with Crippen LogP contribution >= 0.6 is 0 Å². The zero-order valence-electron chi connectivity index (χ0n) is 15.1. The molecule has 2 rings (SSSR count). The Labute approximate surface area is 147 Å². The topological polar surface area (TPSA) is 84.2 Å². The lowest BCUT2D eigenvalue weighted by molar-refractivity contribution is -0.137. The summed E-state index contributed by atoms with van der Waals surface area (Å²) in [5.74, 6) is -1.29. The third-order valence-electron chi connectivity index (χ3n) is 4.08. The number of rotatable bonds is 6. The van der Waals surface area contributed by atoms with Crippen molar-refractivity contribution in [3.63, 3.8) is 0 Å². The molecule has 1 unspecified atom stereocenters. The summed E-state index contributed by atoms with van der Waals surface area (Å²) in [6.45, 7) is 8.94. The molecule has 0 fully saturated rings. The number of hydrogen-bond donors (Lipinski definition) is 2. The van der Waals surface area contributed by atoms with E-state index in [9.17, 15) is 14.7 Å². The fourth-order valence-corrected chi connectivity index (χ4v) is 2.54. The number of carboxylic acids is 1. The molecule has 1 heterocycles. The first-order chi connectivity index (χ1) is 11.7. The van der Waals surface area contributed by atoms with Crippen LogP contribution in [0.2, 0.25) is 0 Å². The van der Waals surface area contributed by atoms with Crippen molar-refractivity contribution in [1.82, 2.24) is 15.1 Å². The molecule has 0 aliphatic rings. The predicted octanol–water partition coefficient (Wildman–Crippen LogP) is 3.15. The average Bonchev–Trinajstić information content (AvgIpc) is 3.02. The Morgan fingerprint density at radius 2 is 1.88 bits per heavy atom. The Balaban J connectivity index is 2.20.